The number of para-hydroxylation sites is 2. The zero-order valence-electron chi connectivity index (χ0n) is 17.3. The van der Waals surface area contributed by atoms with Gasteiger partial charge in [0.15, 0.2) is 5.17 Å². The summed E-state index contributed by atoms with van der Waals surface area (Å²) in [6, 6.07) is 22.7. The first-order valence-electron chi connectivity index (χ1n) is 10.2. The molecule has 0 spiro atoms. The summed E-state index contributed by atoms with van der Waals surface area (Å²) >= 11 is 1.27. The Morgan fingerprint density at radius 3 is 2.73 bits per heavy atom. The molecule has 4 aromatic rings. The molecule has 2 N–H and O–H groups in total. The summed E-state index contributed by atoms with van der Waals surface area (Å²) in [7, 11) is 0. The Bertz CT molecular complexity index is 1440. The normalized spacial score (nSPS) is 15.9. The van der Waals surface area contributed by atoms with Gasteiger partial charge in [-0.05, 0) is 65.4 Å². The maximum Gasteiger partial charge on any atom is 0.307 e. The lowest BCUT2D eigenvalue weighted by molar-refractivity contribution is -0.136. The molecule has 0 atom stereocenters. The number of thioether (sulfide) groups is 1. The van der Waals surface area contributed by atoms with Gasteiger partial charge in [-0.2, -0.15) is 0 Å². The van der Waals surface area contributed by atoms with Crippen LogP contribution in [-0.4, -0.2) is 31.7 Å². The van der Waals surface area contributed by atoms with E-state index < -0.39 is 5.97 Å². The number of carboxylic acid groups (broad SMARTS) is 1. The van der Waals surface area contributed by atoms with Gasteiger partial charge in [0.2, 0.25) is 0 Å². The summed E-state index contributed by atoms with van der Waals surface area (Å²) < 4.78 is 2.01. The molecule has 0 unspecified atom stereocenters. The smallest absolute Gasteiger partial charge is 0.307 e. The zero-order valence-corrected chi connectivity index (χ0v) is 18.1. The molecule has 1 aromatic heterocycles. The molecule has 0 bridgehead atoms. The van der Waals surface area contributed by atoms with Crippen LogP contribution < -0.4 is 5.32 Å². The molecule has 8 heteroatoms. The highest BCUT2D eigenvalue weighted by molar-refractivity contribution is 8.18. The Balaban J connectivity index is 1.37. The standard InChI is InChI=1S/C25H18N4O3S/c30-23(31)14-16-8-10-18(11-9-16)27-25-28-24(32)22(33-25)13-17-4-3-5-19(12-17)29-15-26-20-6-1-2-7-21(20)29/h1-13,15H,14H2,(H,30,31)(H,27,28,32)/b22-13+. The quantitative estimate of drug-likeness (QED) is 0.432. The van der Waals surface area contributed by atoms with E-state index in [1.54, 1.807) is 30.6 Å². The minimum Gasteiger partial charge on any atom is -0.481 e. The molecule has 0 aliphatic carbocycles. The molecule has 1 fully saturated rings. The van der Waals surface area contributed by atoms with Crippen molar-refractivity contribution < 1.29 is 14.7 Å². The van der Waals surface area contributed by atoms with E-state index in [0.29, 0.717) is 21.3 Å². The van der Waals surface area contributed by atoms with E-state index in [2.05, 4.69) is 15.3 Å². The summed E-state index contributed by atoms with van der Waals surface area (Å²) in [4.78, 5) is 32.7. The highest BCUT2D eigenvalue weighted by Gasteiger charge is 2.23. The van der Waals surface area contributed by atoms with Gasteiger partial charge in [-0.15, -0.1) is 0 Å². The van der Waals surface area contributed by atoms with E-state index >= 15 is 0 Å². The summed E-state index contributed by atoms with van der Waals surface area (Å²) in [6.45, 7) is 0. The van der Waals surface area contributed by atoms with E-state index in [4.69, 9.17) is 5.11 Å². The first kappa shape index (κ1) is 20.7. The van der Waals surface area contributed by atoms with Crippen molar-refractivity contribution in [1.82, 2.24) is 14.9 Å². The zero-order chi connectivity index (χ0) is 22.8. The largest absolute Gasteiger partial charge is 0.481 e. The average Bonchev–Trinajstić information content (AvgIpc) is 3.38. The molecule has 1 aliphatic heterocycles. The second-order valence-electron chi connectivity index (χ2n) is 7.42. The lowest BCUT2D eigenvalue weighted by atomic mass is 10.1. The summed E-state index contributed by atoms with van der Waals surface area (Å²) in [6.07, 6.45) is 3.59. The van der Waals surface area contributed by atoms with Crippen LogP contribution >= 0.6 is 11.8 Å². The van der Waals surface area contributed by atoms with Crippen LogP contribution in [0.5, 0.6) is 0 Å². The number of aliphatic imine (C=N–C) groups is 1. The summed E-state index contributed by atoms with van der Waals surface area (Å²) in [5.41, 5.74) is 5.12. The first-order chi connectivity index (χ1) is 16.0. The molecule has 5 rings (SSSR count). The number of amidine groups is 1. The van der Waals surface area contributed by atoms with Gasteiger partial charge in [0, 0.05) is 5.69 Å². The number of hydrogen-bond donors (Lipinski definition) is 2. The van der Waals surface area contributed by atoms with Gasteiger partial charge >= 0.3 is 5.97 Å². The maximum atomic E-state index is 12.5. The predicted octanol–water partition coefficient (Wildman–Crippen LogP) is 4.54. The fraction of sp³-hybridized carbons (Fsp3) is 0.0400. The molecular formula is C25H18N4O3S. The van der Waals surface area contributed by atoms with Crippen molar-refractivity contribution in [2.24, 2.45) is 4.99 Å². The minimum atomic E-state index is -0.882. The highest BCUT2D eigenvalue weighted by atomic mass is 32.2. The van der Waals surface area contributed by atoms with Crippen molar-refractivity contribution >= 4 is 51.6 Å². The molecule has 3 aromatic carbocycles. The number of nitrogens with one attached hydrogen (secondary N) is 1. The highest BCUT2D eigenvalue weighted by Crippen LogP contribution is 2.29. The number of aliphatic carboxylic acids is 1. The summed E-state index contributed by atoms with van der Waals surface area (Å²) in [5.74, 6) is -1.09. The van der Waals surface area contributed by atoms with E-state index in [-0.39, 0.29) is 12.3 Å². The molecule has 162 valence electrons. The Labute approximate surface area is 193 Å². The molecule has 0 radical (unpaired) electrons. The van der Waals surface area contributed by atoms with Gasteiger partial charge in [0.05, 0.1) is 28.0 Å². The van der Waals surface area contributed by atoms with E-state index in [0.717, 1.165) is 22.3 Å². The second kappa shape index (κ2) is 8.76. The van der Waals surface area contributed by atoms with Crippen LogP contribution in [0.3, 0.4) is 0 Å². The number of aromatic nitrogens is 2. The molecular weight excluding hydrogens is 436 g/mol. The number of carbonyl (C=O) groups excluding carboxylic acids is 1. The third-order valence-corrected chi connectivity index (χ3v) is 5.98. The topological polar surface area (TPSA) is 96.6 Å². The SMILES string of the molecule is O=C(O)Cc1ccc(N=C2NC(=O)/C(=C\c3cccc(-n4cnc5ccccc54)c3)S2)cc1. The lowest BCUT2D eigenvalue weighted by Crippen LogP contribution is -2.19. The van der Waals surface area contributed by atoms with Crippen LogP contribution in [0, 0.1) is 0 Å². The molecule has 7 nitrogen and oxygen atoms in total. The van der Waals surface area contributed by atoms with Gasteiger partial charge in [0.1, 0.15) is 6.33 Å². The number of rotatable bonds is 5. The van der Waals surface area contributed by atoms with Crippen LogP contribution in [0.2, 0.25) is 0 Å². The third-order valence-electron chi connectivity index (χ3n) is 5.07. The number of benzene rings is 3. The molecule has 1 amide bonds. The fourth-order valence-electron chi connectivity index (χ4n) is 3.54. The number of imidazole rings is 1. The molecule has 33 heavy (non-hydrogen) atoms. The van der Waals surface area contributed by atoms with Crippen LogP contribution in [0.1, 0.15) is 11.1 Å². The van der Waals surface area contributed by atoms with Gasteiger partial charge in [-0.1, -0.05) is 36.4 Å². The monoisotopic (exact) mass is 454 g/mol. The Kier molecular flexibility index (Phi) is 5.50. The minimum absolute atomic E-state index is 0.0385. The van der Waals surface area contributed by atoms with Crippen LogP contribution in [0.4, 0.5) is 5.69 Å². The number of hydrogen-bond acceptors (Lipinski definition) is 5. The van der Waals surface area contributed by atoms with Crippen LogP contribution in [0.15, 0.2) is 89.0 Å². The van der Waals surface area contributed by atoms with Gasteiger partial charge in [-0.3, -0.25) is 14.2 Å². The van der Waals surface area contributed by atoms with Crippen molar-refractivity contribution in [2.45, 2.75) is 6.42 Å². The van der Waals surface area contributed by atoms with Crippen molar-refractivity contribution in [3.63, 3.8) is 0 Å². The average molecular weight is 455 g/mol. The summed E-state index contributed by atoms with van der Waals surface area (Å²) in [5, 5.41) is 12.1. The van der Waals surface area contributed by atoms with E-state index in [9.17, 15) is 9.59 Å². The van der Waals surface area contributed by atoms with Gasteiger partial charge < -0.3 is 10.4 Å². The van der Waals surface area contributed by atoms with Crippen LogP contribution in [0.25, 0.3) is 22.8 Å². The van der Waals surface area contributed by atoms with Crippen molar-refractivity contribution in [1.29, 1.82) is 0 Å². The number of fused-ring (bicyclic) bond motifs is 1. The third kappa shape index (κ3) is 4.56. The molecule has 0 saturated carbocycles. The Morgan fingerprint density at radius 2 is 1.91 bits per heavy atom. The molecule has 2 heterocycles. The Morgan fingerprint density at radius 1 is 1.09 bits per heavy atom. The van der Waals surface area contributed by atoms with Crippen molar-refractivity contribution in [3.8, 4) is 5.69 Å². The molecule has 1 saturated heterocycles. The fourth-order valence-corrected chi connectivity index (χ4v) is 4.38. The number of carboxylic acids is 1. The Hall–Kier alpha value is -4.17. The van der Waals surface area contributed by atoms with Gasteiger partial charge in [-0.25, -0.2) is 9.98 Å². The van der Waals surface area contributed by atoms with Crippen molar-refractivity contribution in [2.75, 3.05) is 0 Å². The predicted molar refractivity (Wildman–Crippen MR) is 130 cm³/mol. The number of carbonyl (C=O) groups is 2. The number of nitrogens with zero attached hydrogens (tertiary/aromatic N) is 3. The van der Waals surface area contributed by atoms with E-state index in [1.807, 2.05) is 59.2 Å². The second-order valence-corrected chi connectivity index (χ2v) is 8.45. The number of amides is 1. The lowest BCUT2D eigenvalue weighted by Gasteiger charge is -2.05. The maximum absolute atomic E-state index is 12.5. The van der Waals surface area contributed by atoms with Crippen molar-refractivity contribution in [3.05, 3.63) is 95.2 Å². The first-order valence-corrected chi connectivity index (χ1v) is 11.0. The van der Waals surface area contributed by atoms with E-state index in [1.165, 1.54) is 11.8 Å². The molecule has 1 aliphatic rings. The van der Waals surface area contributed by atoms with Crippen LogP contribution in [-0.2, 0) is 16.0 Å². The van der Waals surface area contributed by atoms with Gasteiger partial charge in [0.25, 0.3) is 5.91 Å².